The molecule has 0 bridgehead atoms. The Morgan fingerprint density at radius 2 is 1.92 bits per heavy atom. The van der Waals surface area contributed by atoms with Crippen molar-refractivity contribution in [3.63, 3.8) is 0 Å². The van der Waals surface area contributed by atoms with Gasteiger partial charge in [0, 0.05) is 15.9 Å². The summed E-state index contributed by atoms with van der Waals surface area (Å²) in [5, 5.41) is 0. The van der Waals surface area contributed by atoms with Crippen molar-refractivity contribution in [2.75, 3.05) is 0 Å². The van der Waals surface area contributed by atoms with Crippen LogP contribution in [-0.4, -0.2) is 4.98 Å². The van der Waals surface area contributed by atoms with Gasteiger partial charge in [0.1, 0.15) is 0 Å². The van der Waals surface area contributed by atoms with Gasteiger partial charge in [-0.1, -0.05) is 13.8 Å². The van der Waals surface area contributed by atoms with Gasteiger partial charge in [0.15, 0.2) is 0 Å². The molecule has 1 rings (SSSR count). The van der Waals surface area contributed by atoms with E-state index in [-0.39, 0.29) is 16.4 Å². The molecule has 0 saturated carbocycles. The van der Waals surface area contributed by atoms with Crippen LogP contribution in [-0.2, 0) is 6.18 Å². The van der Waals surface area contributed by atoms with Gasteiger partial charge in [-0.3, -0.25) is 0 Å². The van der Waals surface area contributed by atoms with Crippen molar-refractivity contribution in [3.8, 4) is 0 Å². The average molecular weight is 258 g/mol. The van der Waals surface area contributed by atoms with Crippen LogP contribution in [0.5, 0.6) is 0 Å². The van der Waals surface area contributed by atoms with E-state index in [1.807, 2.05) is 0 Å². The zero-order valence-electron chi connectivity index (χ0n) is 6.94. The maximum atomic E-state index is 12.3. The Morgan fingerprint density at radius 1 is 1.38 bits per heavy atom. The number of oxazole rings is 1. The smallest absolute Gasteiger partial charge is 0.426 e. The highest BCUT2D eigenvalue weighted by Gasteiger charge is 2.39. The fourth-order valence-corrected chi connectivity index (χ4v) is 1.25. The minimum absolute atomic E-state index is 0.0700. The molecule has 2 nitrogen and oxygen atoms in total. The quantitative estimate of drug-likeness (QED) is 0.769. The second kappa shape index (κ2) is 3.32. The van der Waals surface area contributed by atoms with E-state index >= 15 is 0 Å². The van der Waals surface area contributed by atoms with E-state index in [2.05, 4.69) is 25.3 Å². The van der Waals surface area contributed by atoms with E-state index in [0.29, 0.717) is 0 Å². The summed E-state index contributed by atoms with van der Waals surface area (Å²) in [5.41, 5.74) is -0.0700. The van der Waals surface area contributed by atoms with E-state index in [1.165, 1.54) is 0 Å². The van der Waals surface area contributed by atoms with Crippen molar-refractivity contribution in [3.05, 3.63) is 16.3 Å². The van der Waals surface area contributed by atoms with Gasteiger partial charge in [0.2, 0.25) is 5.76 Å². The molecule has 0 radical (unpaired) electrons. The first-order valence-corrected chi connectivity index (χ1v) is 4.35. The normalized spacial score (nSPS) is 12.5. The van der Waals surface area contributed by atoms with Crippen molar-refractivity contribution >= 4 is 15.9 Å². The van der Waals surface area contributed by atoms with Gasteiger partial charge >= 0.3 is 6.18 Å². The summed E-state index contributed by atoms with van der Waals surface area (Å²) >= 11 is 2.77. The first-order chi connectivity index (χ1) is 5.82. The predicted octanol–water partition coefficient (Wildman–Crippen LogP) is 3.58. The molecule has 0 spiro atoms. The fraction of sp³-hybridized carbons (Fsp3) is 0.571. The highest BCUT2D eigenvalue weighted by atomic mass is 79.9. The summed E-state index contributed by atoms with van der Waals surface area (Å²) in [6, 6.07) is 0. The highest BCUT2D eigenvalue weighted by Crippen LogP contribution is 2.36. The van der Waals surface area contributed by atoms with Gasteiger partial charge in [-0.25, -0.2) is 4.98 Å². The van der Waals surface area contributed by atoms with Gasteiger partial charge in [0.05, 0.1) is 5.69 Å². The Labute approximate surface area is 81.3 Å². The third kappa shape index (κ3) is 2.24. The van der Waals surface area contributed by atoms with E-state index in [1.54, 1.807) is 13.8 Å². The molecule has 0 aliphatic rings. The SMILES string of the molecule is CC(C)c1nc(Br)oc1C(F)(F)F. The van der Waals surface area contributed by atoms with Crippen LogP contribution in [0.4, 0.5) is 13.2 Å². The van der Waals surface area contributed by atoms with Crippen molar-refractivity contribution in [1.82, 2.24) is 4.98 Å². The predicted molar refractivity (Wildman–Crippen MR) is 43.3 cm³/mol. The van der Waals surface area contributed by atoms with Crippen LogP contribution in [0.2, 0.25) is 0 Å². The molecule has 0 aliphatic heterocycles. The first-order valence-electron chi connectivity index (χ1n) is 3.55. The zero-order chi connectivity index (χ0) is 10.2. The topological polar surface area (TPSA) is 26.0 Å². The number of aromatic nitrogens is 1. The third-order valence-electron chi connectivity index (χ3n) is 1.43. The molecule has 0 saturated heterocycles. The zero-order valence-corrected chi connectivity index (χ0v) is 8.53. The van der Waals surface area contributed by atoms with E-state index < -0.39 is 11.9 Å². The molecule has 1 aromatic rings. The molecular formula is C7H7BrF3NO. The molecule has 0 aliphatic carbocycles. The lowest BCUT2D eigenvalue weighted by molar-refractivity contribution is -0.154. The summed E-state index contributed by atoms with van der Waals surface area (Å²) in [4.78, 5) is 3.47. The molecule has 0 N–H and O–H groups in total. The Kier molecular flexibility index (Phi) is 2.70. The largest absolute Gasteiger partial charge is 0.451 e. The van der Waals surface area contributed by atoms with Crippen LogP contribution in [0, 0.1) is 0 Å². The van der Waals surface area contributed by atoms with E-state index in [4.69, 9.17) is 0 Å². The van der Waals surface area contributed by atoms with Crippen molar-refractivity contribution in [1.29, 1.82) is 0 Å². The number of hydrogen-bond acceptors (Lipinski definition) is 2. The van der Waals surface area contributed by atoms with Crippen LogP contribution in [0.3, 0.4) is 0 Å². The van der Waals surface area contributed by atoms with Crippen LogP contribution >= 0.6 is 15.9 Å². The minimum Gasteiger partial charge on any atom is -0.426 e. The van der Waals surface area contributed by atoms with Crippen LogP contribution in [0.1, 0.15) is 31.2 Å². The first kappa shape index (κ1) is 10.6. The summed E-state index contributed by atoms with van der Waals surface area (Å²) in [7, 11) is 0. The summed E-state index contributed by atoms with van der Waals surface area (Å²) in [6.45, 7) is 3.25. The molecule has 0 fully saturated rings. The standard InChI is InChI=1S/C7H7BrF3NO/c1-3(2)4-5(7(9,10)11)13-6(8)12-4/h3H,1-2H3. The lowest BCUT2D eigenvalue weighted by atomic mass is 10.1. The Hall–Kier alpha value is -0.520. The maximum absolute atomic E-state index is 12.3. The third-order valence-corrected chi connectivity index (χ3v) is 1.77. The molecule has 0 aromatic carbocycles. The molecule has 74 valence electrons. The van der Waals surface area contributed by atoms with Crippen molar-refractivity contribution < 1.29 is 17.6 Å². The minimum atomic E-state index is -4.47. The lowest BCUT2D eigenvalue weighted by Crippen LogP contribution is -2.08. The number of rotatable bonds is 1. The van der Waals surface area contributed by atoms with Crippen molar-refractivity contribution in [2.45, 2.75) is 25.9 Å². The number of hydrogen-bond donors (Lipinski definition) is 0. The van der Waals surface area contributed by atoms with Gasteiger partial charge in [-0.2, -0.15) is 13.2 Å². The second-order valence-electron chi connectivity index (χ2n) is 2.83. The molecule has 0 unspecified atom stereocenters. The second-order valence-corrected chi connectivity index (χ2v) is 3.51. The number of nitrogens with zero attached hydrogens (tertiary/aromatic N) is 1. The van der Waals surface area contributed by atoms with Crippen LogP contribution < -0.4 is 0 Å². The Morgan fingerprint density at radius 3 is 2.23 bits per heavy atom. The van der Waals surface area contributed by atoms with Gasteiger partial charge in [-0.05, 0) is 5.92 Å². The van der Waals surface area contributed by atoms with Gasteiger partial charge in [-0.15, -0.1) is 0 Å². The van der Waals surface area contributed by atoms with Gasteiger partial charge < -0.3 is 4.42 Å². The number of halogens is 4. The highest BCUT2D eigenvalue weighted by molar-refractivity contribution is 9.10. The maximum Gasteiger partial charge on any atom is 0.451 e. The monoisotopic (exact) mass is 257 g/mol. The molecule has 13 heavy (non-hydrogen) atoms. The number of alkyl halides is 3. The fourth-order valence-electron chi connectivity index (χ4n) is 0.899. The van der Waals surface area contributed by atoms with Gasteiger partial charge in [0.25, 0.3) is 4.80 Å². The summed E-state index contributed by atoms with van der Waals surface area (Å²) in [5.74, 6) is -1.33. The Bertz CT molecular complexity index is 305. The summed E-state index contributed by atoms with van der Waals surface area (Å²) < 4.78 is 41.2. The molecule has 1 aromatic heterocycles. The average Bonchev–Trinajstić information content (AvgIpc) is 2.29. The molecule has 0 atom stereocenters. The molecule has 0 amide bonds. The van der Waals surface area contributed by atoms with Crippen LogP contribution in [0.25, 0.3) is 0 Å². The molecular weight excluding hydrogens is 251 g/mol. The summed E-state index contributed by atoms with van der Waals surface area (Å²) in [6.07, 6.45) is -4.47. The van der Waals surface area contributed by atoms with Crippen LogP contribution in [0.15, 0.2) is 9.22 Å². The molecule has 1 heterocycles. The van der Waals surface area contributed by atoms with E-state index in [0.717, 1.165) is 0 Å². The Balaban J connectivity index is 3.20. The van der Waals surface area contributed by atoms with E-state index in [9.17, 15) is 13.2 Å². The van der Waals surface area contributed by atoms with Crippen molar-refractivity contribution in [2.24, 2.45) is 0 Å². The molecule has 6 heteroatoms. The lowest BCUT2D eigenvalue weighted by Gasteiger charge is -2.05.